The van der Waals surface area contributed by atoms with Gasteiger partial charge in [0.2, 0.25) is 0 Å². The largest absolute Gasteiger partial charge is 0.491 e. The van der Waals surface area contributed by atoms with Crippen LogP contribution in [-0.2, 0) is 5.41 Å². The molecule has 1 aromatic rings. The Morgan fingerprint density at radius 2 is 2.25 bits per heavy atom. The highest BCUT2D eigenvalue weighted by atomic mass is 16.5. The van der Waals surface area contributed by atoms with E-state index in [0.717, 1.165) is 18.9 Å². The Morgan fingerprint density at radius 1 is 1.44 bits per heavy atom. The smallest absolute Gasteiger partial charge is 0.141 e. The van der Waals surface area contributed by atoms with Crippen molar-refractivity contribution in [3.8, 4) is 5.75 Å². The number of nitrogens with zero attached hydrogens (tertiary/aromatic N) is 2. The summed E-state index contributed by atoms with van der Waals surface area (Å²) in [5, 5.41) is 0. The fourth-order valence-corrected chi connectivity index (χ4v) is 2.87. The molecule has 0 radical (unpaired) electrons. The topological polar surface area (TPSA) is 25.4 Å². The molecule has 0 aliphatic carbocycles. The van der Waals surface area contributed by atoms with Gasteiger partial charge in [-0.1, -0.05) is 6.92 Å². The minimum absolute atomic E-state index is 0.211. The van der Waals surface area contributed by atoms with Gasteiger partial charge in [-0.15, -0.1) is 0 Å². The third-order valence-corrected chi connectivity index (χ3v) is 4.04. The molecule has 3 heteroatoms. The molecule has 86 valence electrons. The molecule has 1 fully saturated rings. The molecule has 0 N–H and O–H groups in total. The van der Waals surface area contributed by atoms with Crippen LogP contribution in [0.5, 0.6) is 5.75 Å². The highest BCUT2D eigenvalue weighted by Crippen LogP contribution is 2.43. The van der Waals surface area contributed by atoms with Crippen molar-refractivity contribution in [2.75, 3.05) is 26.2 Å². The predicted molar refractivity (Wildman–Crippen MR) is 62.8 cm³/mol. The molecular formula is C13H18N2O. The SMILES string of the molecule is CCN1CCC2(CC1)COc1cccnc12. The molecule has 2 aliphatic rings. The zero-order valence-electron chi connectivity index (χ0n) is 9.78. The number of rotatable bonds is 1. The zero-order valence-corrected chi connectivity index (χ0v) is 9.78. The average molecular weight is 218 g/mol. The zero-order chi connectivity index (χ0) is 11.0. The Kier molecular flexibility index (Phi) is 2.36. The Balaban J connectivity index is 1.87. The number of fused-ring (bicyclic) bond motifs is 2. The Hall–Kier alpha value is -1.09. The second kappa shape index (κ2) is 3.74. The van der Waals surface area contributed by atoms with Gasteiger partial charge in [-0.05, 0) is 44.6 Å². The summed E-state index contributed by atoms with van der Waals surface area (Å²) in [6, 6.07) is 4.00. The van der Waals surface area contributed by atoms with Crippen LogP contribution in [0, 0.1) is 0 Å². The second-order valence-corrected chi connectivity index (χ2v) is 4.85. The lowest BCUT2D eigenvalue weighted by Gasteiger charge is -2.37. The number of piperidine rings is 1. The van der Waals surface area contributed by atoms with Gasteiger partial charge >= 0.3 is 0 Å². The molecule has 16 heavy (non-hydrogen) atoms. The average Bonchev–Trinajstić information content (AvgIpc) is 2.71. The van der Waals surface area contributed by atoms with Crippen molar-refractivity contribution in [1.29, 1.82) is 0 Å². The molecule has 0 bridgehead atoms. The third-order valence-electron chi connectivity index (χ3n) is 4.04. The van der Waals surface area contributed by atoms with Crippen LogP contribution >= 0.6 is 0 Å². The quantitative estimate of drug-likeness (QED) is 0.719. The first-order chi connectivity index (χ1) is 7.84. The van der Waals surface area contributed by atoms with Crippen LogP contribution in [0.15, 0.2) is 18.3 Å². The van der Waals surface area contributed by atoms with E-state index in [1.807, 2.05) is 18.3 Å². The fourth-order valence-electron chi connectivity index (χ4n) is 2.87. The van der Waals surface area contributed by atoms with Crippen molar-refractivity contribution in [1.82, 2.24) is 9.88 Å². The molecule has 0 unspecified atom stereocenters. The van der Waals surface area contributed by atoms with Gasteiger partial charge in [-0.3, -0.25) is 4.98 Å². The number of likely N-dealkylation sites (tertiary alicyclic amines) is 1. The summed E-state index contributed by atoms with van der Waals surface area (Å²) in [7, 11) is 0. The van der Waals surface area contributed by atoms with Crippen molar-refractivity contribution in [3.05, 3.63) is 24.0 Å². The summed E-state index contributed by atoms with van der Waals surface area (Å²) < 4.78 is 5.78. The lowest BCUT2D eigenvalue weighted by atomic mass is 9.77. The van der Waals surface area contributed by atoms with Gasteiger partial charge in [0.05, 0.1) is 17.7 Å². The second-order valence-electron chi connectivity index (χ2n) is 4.85. The Bertz CT molecular complexity index is 383. The molecule has 1 saturated heterocycles. The van der Waals surface area contributed by atoms with Crippen molar-refractivity contribution >= 4 is 0 Å². The highest BCUT2D eigenvalue weighted by molar-refractivity contribution is 5.38. The normalized spacial score (nSPS) is 23.1. The van der Waals surface area contributed by atoms with Crippen LogP contribution in [0.2, 0.25) is 0 Å². The summed E-state index contributed by atoms with van der Waals surface area (Å²) in [6.45, 7) is 6.57. The molecule has 2 aliphatic heterocycles. The van der Waals surface area contributed by atoms with E-state index in [1.54, 1.807) is 0 Å². The minimum atomic E-state index is 0.211. The van der Waals surface area contributed by atoms with Crippen LogP contribution < -0.4 is 4.74 Å². The van der Waals surface area contributed by atoms with Crippen LogP contribution in [0.4, 0.5) is 0 Å². The lowest BCUT2D eigenvalue weighted by molar-refractivity contribution is 0.138. The van der Waals surface area contributed by atoms with Gasteiger partial charge < -0.3 is 9.64 Å². The number of hydrogen-bond donors (Lipinski definition) is 0. The highest BCUT2D eigenvalue weighted by Gasteiger charge is 2.43. The van der Waals surface area contributed by atoms with E-state index in [9.17, 15) is 0 Å². The van der Waals surface area contributed by atoms with Crippen molar-refractivity contribution in [2.45, 2.75) is 25.2 Å². The van der Waals surface area contributed by atoms with Crippen LogP contribution in [-0.4, -0.2) is 36.1 Å². The summed E-state index contributed by atoms with van der Waals surface area (Å²) >= 11 is 0. The van der Waals surface area contributed by atoms with E-state index in [0.29, 0.717) is 0 Å². The van der Waals surface area contributed by atoms with Gasteiger partial charge in [-0.2, -0.15) is 0 Å². The van der Waals surface area contributed by atoms with Gasteiger partial charge in [-0.25, -0.2) is 0 Å². The standard InChI is InChI=1S/C13H18N2O/c1-2-15-8-5-13(6-9-15)10-16-11-4-3-7-14-12(11)13/h3-4,7H,2,5-6,8-10H2,1H3. The first-order valence-corrected chi connectivity index (χ1v) is 6.15. The molecule has 0 saturated carbocycles. The van der Waals surface area contributed by atoms with Gasteiger partial charge in [0.25, 0.3) is 0 Å². The number of ether oxygens (including phenoxy) is 1. The van der Waals surface area contributed by atoms with Crippen LogP contribution in [0.25, 0.3) is 0 Å². The van der Waals surface area contributed by atoms with E-state index in [2.05, 4.69) is 16.8 Å². The number of hydrogen-bond acceptors (Lipinski definition) is 3. The van der Waals surface area contributed by atoms with Crippen molar-refractivity contribution in [3.63, 3.8) is 0 Å². The fraction of sp³-hybridized carbons (Fsp3) is 0.615. The predicted octanol–water partition coefficient (Wildman–Crippen LogP) is 1.83. The molecule has 1 spiro atoms. The van der Waals surface area contributed by atoms with Gasteiger partial charge in [0.15, 0.2) is 0 Å². The Morgan fingerprint density at radius 3 is 3.00 bits per heavy atom. The van der Waals surface area contributed by atoms with Crippen LogP contribution in [0.3, 0.4) is 0 Å². The molecule has 0 amide bonds. The van der Waals surface area contributed by atoms with E-state index >= 15 is 0 Å². The molecular weight excluding hydrogens is 200 g/mol. The maximum Gasteiger partial charge on any atom is 0.141 e. The molecule has 3 nitrogen and oxygen atoms in total. The van der Waals surface area contributed by atoms with Gasteiger partial charge in [0.1, 0.15) is 5.75 Å². The molecule has 0 aromatic carbocycles. The summed E-state index contributed by atoms with van der Waals surface area (Å²) in [5.74, 6) is 1.01. The number of pyridine rings is 1. The minimum Gasteiger partial charge on any atom is -0.491 e. The summed E-state index contributed by atoms with van der Waals surface area (Å²) in [4.78, 5) is 7.05. The van der Waals surface area contributed by atoms with E-state index in [-0.39, 0.29) is 5.41 Å². The Labute approximate surface area is 96.4 Å². The maximum absolute atomic E-state index is 5.78. The number of aromatic nitrogens is 1. The molecule has 3 rings (SSSR count). The van der Waals surface area contributed by atoms with Crippen molar-refractivity contribution in [2.24, 2.45) is 0 Å². The molecule has 0 atom stereocenters. The summed E-state index contributed by atoms with van der Waals surface area (Å²) in [5.41, 5.74) is 1.41. The molecule has 1 aromatic heterocycles. The van der Waals surface area contributed by atoms with Gasteiger partial charge in [0, 0.05) is 6.20 Å². The van der Waals surface area contributed by atoms with Crippen LogP contribution in [0.1, 0.15) is 25.5 Å². The monoisotopic (exact) mass is 218 g/mol. The third kappa shape index (κ3) is 1.42. The van der Waals surface area contributed by atoms with Crippen molar-refractivity contribution < 1.29 is 4.74 Å². The van der Waals surface area contributed by atoms with E-state index in [1.165, 1.54) is 31.6 Å². The van der Waals surface area contributed by atoms with E-state index < -0.39 is 0 Å². The van der Waals surface area contributed by atoms with E-state index in [4.69, 9.17) is 4.74 Å². The lowest BCUT2D eigenvalue weighted by Crippen LogP contribution is -2.43. The summed E-state index contributed by atoms with van der Waals surface area (Å²) in [6.07, 6.45) is 4.26. The first-order valence-electron chi connectivity index (χ1n) is 6.15. The molecule has 3 heterocycles. The maximum atomic E-state index is 5.78. The first kappa shape index (κ1) is 10.1.